The van der Waals surface area contributed by atoms with Crippen molar-refractivity contribution in [3.63, 3.8) is 0 Å². The fourth-order valence-corrected chi connectivity index (χ4v) is 2.35. The maximum Gasteiger partial charge on any atom is 0.253 e. The van der Waals surface area contributed by atoms with Gasteiger partial charge in [0.15, 0.2) is 11.6 Å². The second-order valence-electron chi connectivity index (χ2n) is 4.83. The maximum atomic E-state index is 13.6. The quantitative estimate of drug-likeness (QED) is 0.901. The molecule has 1 aromatic carbocycles. The van der Waals surface area contributed by atoms with Crippen molar-refractivity contribution in [2.75, 3.05) is 27.2 Å². The summed E-state index contributed by atoms with van der Waals surface area (Å²) in [5.41, 5.74) is 0.346. The van der Waals surface area contributed by atoms with E-state index >= 15 is 0 Å². The van der Waals surface area contributed by atoms with Gasteiger partial charge >= 0.3 is 0 Å². The van der Waals surface area contributed by atoms with Crippen molar-refractivity contribution in [2.45, 2.75) is 18.9 Å². The summed E-state index contributed by atoms with van der Waals surface area (Å²) in [6, 6.07) is 4.63. The van der Waals surface area contributed by atoms with Gasteiger partial charge < -0.3 is 15.0 Å². The van der Waals surface area contributed by atoms with Crippen molar-refractivity contribution in [3.05, 3.63) is 29.6 Å². The minimum Gasteiger partial charge on any atom is -0.494 e. The van der Waals surface area contributed by atoms with Gasteiger partial charge in [-0.3, -0.25) is 4.79 Å². The van der Waals surface area contributed by atoms with Crippen LogP contribution in [0.3, 0.4) is 0 Å². The zero-order valence-electron chi connectivity index (χ0n) is 11.3. The first-order valence-corrected chi connectivity index (χ1v) is 6.44. The molecule has 0 aromatic heterocycles. The predicted molar refractivity (Wildman–Crippen MR) is 70.9 cm³/mol. The Labute approximate surface area is 112 Å². The molecule has 0 aliphatic carbocycles. The largest absolute Gasteiger partial charge is 0.494 e. The molecule has 104 valence electrons. The zero-order chi connectivity index (χ0) is 13.8. The Hall–Kier alpha value is -1.62. The van der Waals surface area contributed by atoms with Crippen LogP contribution in [-0.4, -0.2) is 44.1 Å². The first kappa shape index (κ1) is 13.8. The number of nitrogens with zero attached hydrogens (tertiary/aromatic N) is 1. The van der Waals surface area contributed by atoms with Crippen LogP contribution >= 0.6 is 0 Å². The lowest BCUT2D eigenvalue weighted by Crippen LogP contribution is -2.38. The minimum atomic E-state index is -0.513. The molecule has 19 heavy (non-hydrogen) atoms. The van der Waals surface area contributed by atoms with Gasteiger partial charge in [-0.15, -0.1) is 0 Å². The van der Waals surface area contributed by atoms with E-state index in [0.29, 0.717) is 18.2 Å². The molecule has 1 N–H and O–H groups in total. The molecule has 1 heterocycles. The van der Waals surface area contributed by atoms with E-state index in [1.54, 1.807) is 18.0 Å². The summed E-state index contributed by atoms with van der Waals surface area (Å²) in [4.78, 5) is 13.8. The number of hydrogen-bond acceptors (Lipinski definition) is 3. The number of carbonyl (C=O) groups is 1. The highest BCUT2D eigenvalue weighted by molar-refractivity contribution is 5.94. The summed E-state index contributed by atoms with van der Waals surface area (Å²) in [6.45, 7) is 1.65. The van der Waals surface area contributed by atoms with Crippen LogP contribution in [0.5, 0.6) is 5.75 Å². The Kier molecular flexibility index (Phi) is 4.37. The summed E-state index contributed by atoms with van der Waals surface area (Å²) in [6.07, 6.45) is 2.22. The number of rotatable bonds is 4. The Morgan fingerprint density at radius 1 is 1.58 bits per heavy atom. The molecule has 0 bridgehead atoms. The topological polar surface area (TPSA) is 41.6 Å². The van der Waals surface area contributed by atoms with E-state index in [0.717, 1.165) is 19.4 Å². The van der Waals surface area contributed by atoms with Gasteiger partial charge in [0.05, 0.1) is 7.11 Å². The van der Waals surface area contributed by atoms with Crippen LogP contribution < -0.4 is 10.1 Å². The standard InChI is InChI=1S/C14H19FN2O2/c1-17(9-11-4-3-7-16-11)14(18)10-5-6-13(19-2)12(15)8-10/h5-6,8,11,16H,3-4,7,9H2,1-2H3. The Morgan fingerprint density at radius 2 is 2.37 bits per heavy atom. The highest BCUT2D eigenvalue weighted by Gasteiger charge is 2.20. The van der Waals surface area contributed by atoms with Crippen LogP contribution in [0.4, 0.5) is 4.39 Å². The average molecular weight is 266 g/mol. The van der Waals surface area contributed by atoms with Crippen LogP contribution in [0.1, 0.15) is 23.2 Å². The second kappa shape index (κ2) is 6.02. The fourth-order valence-electron chi connectivity index (χ4n) is 2.35. The smallest absolute Gasteiger partial charge is 0.253 e. The monoisotopic (exact) mass is 266 g/mol. The molecular weight excluding hydrogens is 247 g/mol. The highest BCUT2D eigenvalue weighted by Crippen LogP contribution is 2.18. The van der Waals surface area contributed by atoms with E-state index in [2.05, 4.69) is 5.32 Å². The number of amides is 1. The molecule has 1 amide bonds. The van der Waals surface area contributed by atoms with E-state index in [4.69, 9.17) is 4.74 Å². The summed E-state index contributed by atoms with van der Waals surface area (Å²) in [5.74, 6) is -0.535. The van der Waals surface area contributed by atoms with Crippen molar-refractivity contribution >= 4 is 5.91 Å². The van der Waals surface area contributed by atoms with Gasteiger partial charge in [-0.05, 0) is 37.6 Å². The Morgan fingerprint density at radius 3 is 2.95 bits per heavy atom. The van der Waals surface area contributed by atoms with E-state index < -0.39 is 5.82 Å². The number of ether oxygens (including phenoxy) is 1. The van der Waals surface area contributed by atoms with Gasteiger partial charge in [0, 0.05) is 25.2 Å². The molecule has 5 heteroatoms. The number of likely N-dealkylation sites (N-methyl/N-ethyl adjacent to an activating group) is 1. The van der Waals surface area contributed by atoms with Gasteiger partial charge in [0.1, 0.15) is 0 Å². The van der Waals surface area contributed by atoms with Crippen LogP contribution in [0.15, 0.2) is 18.2 Å². The minimum absolute atomic E-state index is 0.150. The molecule has 1 aliphatic heterocycles. The van der Waals surface area contributed by atoms with Crippen molar-refractivity contribution in [1.82, 2.24) is 10.2 Å². The van der Waals surface area contributed by atoms with E-state index in [-0.39, 0.29) is 11.7 Å². The van der Waals surface area contributed by atoms with Crippen LogP contribution in [-0.2, 0) is 0 Å². The molecule has 0 spiro atoms. The van der Waals surface area contributed by atoms with Gasteiger partial charge in [-0.2, -0.15) is 0 Å². The average Bonchev–Trinajstić information content (AvgIpc) is 2.90. The molecule has 0 saturated carbocycles. The van der Waals surface area contributed by atoms with Gasteiger partial charge in [0.25, 0.3) is 5.91 Å². The number of benzene rings is 1. The number of hydrogen-bond donors (Lipinski definition) is 1. The highest BCUT2D eigenvalue weighted by atomic mass is 19.1. The Balaban J connectivity index is 2.03. The molecule has 1 aliphatic rings. The second-order valence-corrected chi connectivity index (χ2v) is 4.83. The van der Waals surface area contributed by atoms with Gasteiger partial charge in [0.2, 0.25) is 0 Å². The third-order valence-electron chi connectivity index (χ3n) is 3.40. The number of methoxy groups -OCH3 is 1. The van der Waals surface area contributed by atoms with Crippen LogP contribution in [0, 0.1) is 5.82 Å². The number of nitrogens with one attached hydrogen (secondary N) is 1. The third kappa shape index (κ3) is 3.23. The molecule has 2 rings (SSSR count). The SMILES string of the molecule is COc1ccc(C(=O)N(C)CC2CCCN2)cc1F. The molecule has 1 atom stereocenters. The first-order chi connectivity index (χ1) is 9.11. The van der Waals surface area contributed by atoms with E-state index in [9.17, 15) is 9.18 Å². The third-order valence-corrected chi connectivity index (χ3v) is 3.40. The summed E-state index contributed by atoms with van der Waals surface area (Å²) in [5, 5.41) is 3.34. The van der Waals surface area contributed by atoms with Gasteiger partial charge in [-0.1, -0.05) is 0 Å². The summed E-state index contributed by atoms with van der Waals surface area (Å²) < 4.78 is 18.4. The molecule has 1 aromatic rings. The molecule has 1 unspecified atom stereocenters. The zero-order valence-corrected chi connectivity index (χ0v) is 11.3. The maximum absolute atomic E-state index is 13.6. The van der Waals surface area contributed by atoms with Crippen molar-refractivity contribution in [1.29, 1.82) is 0 Å². The lowest BCUT2D eigenvalue weighted by molar-refractivity contribution is 0.0783. The Bertz CT molecular complexity index is 459. The number of halogens is 1. The van der Waals surface area contributed by atoms with Crippen molar-refractivity contribution < 1.29 is 13.9 Å². The van der Waals surface area contributed by atoms with Crippen molar-refractivity contribution in [2.24, 2.45) is 0 Å². The lowest BCUT2D eigenvalue weighted by Gasteiger charge is -2.21. The summed E-state index contributed by atoms with van der Waals surface area (Å²) >= 11 is 0. The molecule has 1 saturated heterocycles. The van der Waals surface area contributed by atoms with Gasteiger partial charge in [-0.25, -0.2) is 4.39 Å². The normalized spacial score (nSPS) is 18.4. The molecule has 0 radical (unpaired) electrons. The lowest BCUT2D eigenvalue weighted by atomic mass is 10.1. The van der Waals surface area contributed by atoms with Crippen LogP contribution in [0.2, 0.25) is 0 Å². The van der Waals surface area contributed by atoms with Crippen LogP contribution in [0.25, 0.3) is 0 Å². The van der Waals surface area contributed by atoms with Crippen molar-refractivity contribution in [3.8, 4) is 5.75 Å². The molecular formula is C14H19FN2O2. The number of carbonyl (C=O) groups excluding carboxylic acids is 1. The summed E-state index contributed by atoms with van der Waals surface area (Å²) in [7, 11) is 3.14. The molecule has 1 fully saturated rings. The molecule has 4 nitrogen and oxygen atoms in total. The predicted octanol–water partition coefficient (Wildman–Crippen LogP) is 1.66. The van der Waals surface area contributed by atoms with E-state index in [1.807, 2.05) is 0 Å². The van der Waals surface area contributed by atoms with E-state index in [1.165, 1.54) is 19.2 Å². The fraction of sp³-hybridized carbons (Fsp3) is 0.500. The first-order valence-electron chi connectivity index (χ1n) is 6.44.